The second-order valence-electron chi connectivity index (χ2n) is 7.53. The molecular weight excluding hydrogens is 276 g/mol. The van der Waals surface area contributed by atoms with E-state index in [1.54, 1.807) is 0 Å². The average Bonchev–Trinajstić information content (AvgIpc) is 3.05. The normalized spacial score (nSPS) is 31.4. The van der Waals surface area contributed by atoms with Crippen molar-refractivity contribution in [1.82, 2.24) is 10.2 Å². The Hall–Kier alpha value is -1.06. The van der Waals surface area contributed by atoms with Crippen LogP contribution >= 0.6 is 0 Å². The molecule has 3 fully saturated rings. The predicted molar refractivity (Wildman–Crippen MR) is 86.2 cm³/mol. The zero-order chi connectivity index (χ0) is 15.4. The molecular formula is C18H30N2O2. The number of carbonyl (C=O) groups excluding carboxylic acids is 2. The maximum Gasteiger partial charge on any atom is 0.222 e. The van der Waals surface area contributed by atoms with Crippen molar-refractivity contribution in [3.63, 3.8) is 0 Å². The number of nitrogens with one attached hydrogen (secondary N) is 1. The van der Waals surface area contributed by atoms with E-state index in [2.05, 4.69) is 5.32 Å². The van der Waals surface area contributed by atoms with Gasteiger partial charge >= 0.3 is 0 Å². The van der Waals surface area contributed by atoms with Crippen LogP contribution in [-0.4, -0.2) is 36.3 Å². The van der Waals surface area contributed by atoms with Crippen molar-refractivity contribution in [2.45, 2.75) is 64.2 Å². The van der Waals surface area contributed by atoms with Crippen LogP contribution in [0.3, 0.4) is 0 Å². The summed E-state index contributed by atoms with van der Waals surface area (Å²) in [6, 6.07) is 0. The van der Waals surface area contributed by atoms with Gasteiger partial charge in [0.2, 0.25) is 11.8 Å². The van der Waals surface area contributed by atoms with Gasteiger partial charge in [-0.3, -0.25) is 9.59 Å². The number of rotatable bonds is 6. The fourth-order valence-corrected chi connectivity index (χ4v) is 4.71. The van der Waals surface area contributed by atoms with Crippen LogP contribution in [0.2, 0.25) is 0 Å². The third-order valence-electron chi connectivity index (χ3n) is 5.93. The highest BCUT2D eigenvalue weighted by Gasteiger charge is 2.39. The van der Waals surface area contributed by atoms with Crippen LogP contribution in [0, 0.1) is 17.8 Å². The molecule has 22 heavy (non-hydrogen) atoms. The van der Waals surface area contributed by atoms with Crippen LogP contribution in [0.1, 0.15) is 64.2 Å². The molecule has 124 valence electrons. The van der Waals surface area contributed by atoms with Gasteiger partial charge in [-0.1, -0.05) is 12.8 Å². The lowest BCUT2D eigenvalue weighted by atomic mass is 9.86. The van der Waals surface area contributed by atoms with E-state index in [1.807, 2.05) is 4.90 Å². The van der Waals surface area contributed by atoms with Crippen molar-refractivity contribution in [3.05, 3.63) is 0 Å². The summed E-state index contributed by atoms with van der Waals surface area (Å²) >= 11 is 0. The topological polar surface area (TPSA) is 49.4 Å². The third-order valence-corrected chi connectivity index (χ3v) is 5.93. The Morgan fingerprint density at radius 1 is 1.18 bits per heavy atom. The Kier molecular flexibility index (Phi) is 5.37. The van der Waals surface area contributed by atoms with Crippen molar-refractivity contribution in [2.24, 2.45) is 17.8 Å². The standard InChI is InChI=1S/C18H30N2O2/c21-17(13-16-12-14-6-7-15(16)11-14)19-8-4-10-20-9-3-1-2-5-18(20)22/h14-16H,1-13H2,(H,19,21). The summed E-state index contributed by atoms with van der Waals surface area (Å²) in [6.07, 6.45) is 11.0. The average molecular weight is 306 g/mol. The van der Waals surface area contributed by atoms with Crippen molar-refractivity contribution in [1.29, 1.82) is 0 Å². The number of hydrogen-bond acceptors (Lipinski definition) is 2. The minimum atomic E-state index is 0.222. The molecule has 3 aliphatic rings. The van der Waals surface area contributed by atoms with E-state index >= 15 is 0 Å². The molecule has 2 bridgehead atoms. The van der Waals surface area contributed by atoms with E-state index in [1.165, 1.54) is 32.1 Å². The molecule has 0 aromatic heterocycles. The van der Waals surface area contributed by atoms with E-state index < -0.39 is 0 Å². The molecule has 0 spiro atoms. The summed E-state index contributed by atoms with van der Waals surface area (Å²) in [5, 5.41) is 3.06. The smallest absolute Gasteiger partial charge is 0.222 e. The number of hydrogen-bond donors (Lipinski definition) is 1. The van der Waals surface area contributed by atoms with Crippen LogP contribution in [0.15, 0.2) is 0 Å². The van der Waals surface area contributed by atoms with Gasteiger partial charge in [-0.05, 0) is 56.3 Å². The summed E-state index contributed by atoms with van der Waals surface area (Å²) < 4.78 is 0. The summed E-state index contributed by atoms with van der Waals surface area (Å²) in [4.78, 5) is 25.9. The highest BCUT2D eigenvalue weighted by molar-refractivity contribution is 5.77. The van der Waals surface area contributed by atoms with Crippen molar-refractivity contribution in [2.75, 3.05) is 19.6 Å². The number of carbonyl (C=O) groups is 2. The number of nitrogens with zero attached hydrogens (tertiary/aromatic N) is 1. The van der Waals surface area contributed by atoms with E-state index in [-0.39, 0.29) is 5.91 Å². The highest BCUT2D eigenvalue weighted by Crippen LogP contribution is 2.49. The van der Waals surface area contributed by atoms with E-state index in [0.717, 1.165) is 50.6 Å². The summed E-state index contributed by atoms with van der Waals surface area (Å²) in [7, 11) is 0. The quantitative estimate of drug-likeness (QED) is 0.767. The predicted octanol–water partition coefficient (Wildman–Crippen LogP) is 2.72. The first-order chi connectivity index (χ1) is 10.7. The van der Waals surface area contributed by atoms with E-state index in [9.17, 15) is 9.59 Å². The SMILES string of the molecule is O=C(CC1CC2CCC1C2)NCCCN1CCCCCC1=O. The second kappa shape index (κ2) is 7.47. The Bertz CT molecular complexity index is 410. The third kappa shape index (κ3) is 4.02. The molecule has 1 aliphatic heterocycles. The van der Waals surface area contributed by atoms with Gasteiger partial charge in [0, 0.05) is 32.5 Å². The zero-order valence-electron chi connectivity index (χ0n) is 13.7. The van der Waals surface area contributed by atoms with Crippen LogP contribution in [-0.2, 0) is 9.59 Å². The molecule has 3 unspecified atom stereocenters. The van der Waals surface area contributed by atoms with Gasteiger partial charge in [-0.15, -0.1) is 0 Å². The highest BCUT2D eigenvalue weighted by atomic mass is 16.2. The Morgan fingerprint density at radius 2 is 2.09 bits per heavy atom. The lowest BCUT2D eigenvalue weighted by molar-refractivity contribution is -0.130. The summed E-state index contributed by atoms with van der Waals surface area (Å²) in [6.45, 7) is 2.41. The van der Waals surface area contributed by atoms with Crippen LogP contribution in [0.5, 0.6) is 0 Å². The molecule has 1 heterocycles. The Balaban J connectivity index is 1.29. The van der Waals surface area contributed by atoms with Crippen molar-refractivity contribution >= 4 is 11.8 Å². The monoisotopic (exact) mass is 306 g/mol. The zero-order valence-corrected chi connectivity index (χ0v) is 13.7. The van der Waals surface area contributed by atoms with Crippen molar-refractivity contribution in [3.8, 4) is 0 Å². The molecule has 1 saturated heterocycles. The van der Waals surface area contributed by atoms with Gasteiger partial charge in [-0.25, -0.2) is 0 Å². The molecule has 3 atom stereocenters. The van der Waals surface area contributed by atoms with Crippen LogP contribution in [0.25, 0.3) is 0 Å². The lowest BCUT2D eigenvalue weighted by Crippen LogP contribution is -2.34. The molecule has 0 aromatic carbocycles. The van der Waals surface area contributed by atoms with E-state index in [0.29, 0.717) is 24.8 Å². The van der Waals surface area contributed by atoms with Crippen LogP contribution < -0.4 is 5.32 Å². The lowest BCUT2D eigenvalue weighted by Gasteiger charge is -2.22. The number of amides is 2. The molecule has 2 amide bonds. The van der Waals surface area contributed by atoms with Gasteiger partial charge in [-0.2, -0.15) is 0 Å². The molecule has 4 nitrogen and oxygen atoms in total. The first kappa shape index (κ1) is 15.8. The van der Waals surface area contributed by atoms with Crippen LogP contribution in [0.4, 0.5) is 0 Å². The fraction of sp³-hybridized carbons (Fsp3) is 0.889. The maximum absolute atomic E-state index is 12.1. The maximum atomic E-state index is 12.1. The molecule has 3 rings (SSSR count). The minimum absolute atomic E-state index is 0.222. The Labute approximate surface area is 134 Å². The van der Waals surface area contributed by atoms with Crippen molar-refractivity contribution < 1.29 is 9.59 Å². The molecule has 2 aliphatic carbocycles. The van der Waals surface area contributed by atoms with Gasteiger partial charge in [0.05, 0.1) is 0 Å². The molecule has 0 radical (unpaired) electrons. The Morgan fingerprint density at radius 3 is 2.86 bits per heavy atom. The van der Waals surface area contributed by atoms with Gasteiger partial charge < -0.3 is 10.2 Å². The van der Waals surface area contributed by atoms with Gasteiger partial charge in [0.1, 0.15) is 0 Å². The van der Waals surface area contributed by atoms with E-state index in [4.69, 9.17) is 0 Å². The first-order valence-electron chi connectivity index (χ1n) is 9.27. The first-order valence-corrected chi connectivity index (χ1v) is 9.27. The molecule has 0 aromatic rings. The fourth-order valence-electron chi connectivity index (χ4n) is 4.71. The molecule has 1 N–H and O–H groups in total. The summed E-state index contributed by atoms with van der Waals surface area (Å²) in [5.74, 6) is 2.90. The van der Waals surface area contributed by atoms with Gasteiger partial charge in [0.25, 0.3) is 0 Å². The second-order valence-corrected chi connectivity index (χ2v) is 7.53. The molecule has 2 saturated carbocycles. The largest absolute Gasteiger partial charge is 0.356 e. The van der Waals surface area contributed by atoms with Gasteiger partial charge in [0.15, 0.2) is 0 Å². The molecule has 4 heteroatoms. The number of fused-ring (bicyclic) bond motifs is 2. The number of likely N-dealkylation sites (tertiary alicyclic amines) is 1. The summed E-state index contributed by atoms with van der Waals surface area (Å²) in [5.41, 5.74) is 0. The minimum Gasteiger partial charge on any atom is -0.356 e.